The van der Waals surface area contributed by atoms with E-state index >= 15 is 0 Å². The highest BCUT2D eigenvalue weighted by Gasteiger charge is 2.21. The molecule has 1 N–H and O–H groups in total. The Balaban J connectivity index is 1.56. The fourth-order valence-electron chi connectivity index (χ4n) is 2.66. The molecule has 1 aliphatic rings. The molecule has 0 unspecified atom stereocenters. The Labute approximate surface area is 134 Å². The average Bonchev–Trinajstić information content (AvgIpc) is 3.16. The highest BCUT2D eigenvalue weighted by Crippen LogP contribution is 2.14. The molecule has 0 saturated carbocycles. The van der Waals surface area contributed by atoms with Crippen molar-refractivity contribution >= 4 is 17.2 Å². The number of H-pyrrole nitrogens is 1. The molecule has 7 heteroatoms. The molecule has 0 aromatic carbocycles. The predicted octanol–water partition coefficient (Wildman–Crippen LogP) is 1.78. The van der Waals surface area contributed by atoms with Crippen LogP contribution >= 0.6 is 11.3 Å². The molecule has 22 heavy (non-hydrogen) atoms. The summed E-state index contributed by atoms with van der Waals surface area (Å²) in [6, 6.07) is 3.83. The second-order valence-electron chi connectivity index (χ2n) is 5.45. The number of nitrogens with one attached hydrogen (secondary N) is 1. The number of hydrogen-bond acceptors (Lipinski definition) is 5. The molecule has 0 radical (unpaired) electrons. The van der Waals surface area contributed by atoms with Crippen molar-refractivity contribution in [1.29, 1.82) is 0 Å². The Hall–Kier alpha value is -1.73. The van der Waals surface area contributed by atoms with Crippen molar-refractivity contribution in [3.63, 3.8) is 0 Å². The zero-order valence-electron chi connectivity index (χ0n) is 12.8. The van der Waals surface area contributed by atoms with Gasteiger partial charge in [-0.25, -0.2) is 4.98 Å². The lowest BCUT2D eigenvalue weighted by atomic mass is 10.3. The van der Waals surface area contributed by atoms with Gasteiger partial charge in [0.15, 0.2) is 0 Å². The second-order valence-corrected chi connectivity index (χ2v) is 6.40. The topological polar surface area (TPSA) is 65.1 Å². The molecule has 2 aromatic heterocycles. The minimum Gasteiger partial charge on any atom is -0.337 e. The van der Waals surface area contributed by atoms with Gasteiger partial charge < -0.3 is 4.90 Å². The number of rotatable bonds is 4. The van der Waals surface area contributed by atoms with Crippen molar-refractivity contribution in [2.75, 3.05) is 26.2 Å². The average molecular weight is 319 g/mol. The van der Waals surface area contributed by atoms with E-state index in [1.165, 1.54) is 11.3 Å². The van der Waals surface area contributed by atoms with Crippen LogP contribution in [-0.2, 0) is 13.0 Å². The molecule has 3 heterocycles. The Kier molecular flexibility index (Phi) is 4.84. The van der Waals surface area contributed by atoms with E-state index < -0.39 is 0 Å². The number of thiophene rings is 1. The Morgan fingerprint density at radius 2 is 2.27 bits per heavy atom. The van der Waals surface area contributed by atoms with Gasteiger partial charge in [0.1, 0.15) is 11.6 Å². The molecule has 0 atom stereocenters. The van der Waals surface area contributed by atoms with Gasteiger partial charge in [0.2, 0.25) is 0 Å². The van der Waals surface area contributed by atoms with E-state index in [0.717, 1.165) is 62.1 Å². The minimum atomic E-state index is 0.157. The van der Waals surface area contributed by atoms with Crippen LogP contribution < -0.4 is 0 Å². The third kappa shape index (κ3) is 3.53. The van der Waals surface area contributed by atoms with E-state index in [1.54, 1.807) is 0 Å². The molecule has 3 rings (SSSR count). The molecule has 6 nitrogen and oxygen atoms in total. The van der Waals surface area contributed by atoms with Crippen LogP contribution in [0.1, 0.15) is 34.7 Å². The van der Waals surface area contributed by atoms with E-state index in [1.807, 2.05) is 29.3 Å². The first-order valence-electron chi connectivity index (χ1n) is 7.71. The summed E-state index contributed by atoms with van der Waals surface area (Å²) >= 11 is 1.51. The zero-order valence-corrected chi connectivity index (χ0v) is 13.6. The summed E-state index contributed by atoms with van der Waals surface area (Å²) in [6.07, 6.45) is 1.84. The predicted molar refractivity (Wildman–Crippen MR) is 85.9 cm³/mol. The smallest absolute Gasteiger partial charge is 0.263 e. The molecule has 1 fully saturated rings. The summed E-state index contributed by atoms with van der Waals surface area (Å²) in [5.74, 6) is 1.93. The van der Waals surface area contributed by atoms with Gasteiger partial charge in [0.25, 0.3) is 5.91 Å². The van der Waals surface area contributed by atoms with Crippen LogP contribution in [0.2, 0.25) is 0 Å². The SMILES string of the molecule is CCc1n[nH]c(CN2CCCN(C(=O)c3cccs3)CC2)n1. The van der Waals surface area contributed by atoms with Gasteiger partial charge in [0.05, 0.1) is 11.4 Å². The lowest BCUT2D eigenvalue weighted by molar-refractivity contribution is 0.0766. The third-order valence-corrected chi connectivity index (χ3v) is 4.73. The van der Waals surface area contributed by atoms with Gasteiger partial charge >= 0.3 is 0 Å². The van der Waals surface area contributed by atoms with Crippen LogP contribution in [-0.4, -0.2) is 57.1 Å². The maximum atomic E-state index is 12.4. The minimum absolute atomic E-state index is 0.157. The lowest BCUT2D eigenvalue weighted by Crippen LogP contribution is -2.34. The van der Waals surface area contributed by atoms with Crippen molar-refractivity contribution in [3.05, 3.63) is 34.0 Å². The summed E-state index contributed by atoms with van der Waals surface area (Å²) in [4.78, 5) is 22.0. The van der Waals surface area contributed by atoms with Gasteiger partial charge in [-0.2, -0.15) is 5.10 Å². The van der Waals surface area contributed by atoms with Crippen LogP contribution in [0.4, 0.5) is 0 Å². The van der Waals surface area contributed by atoms with Gasteiger partial charge in [-0.15, -0.1) is 11.3 Å². The van der Waals surface area contributed by atoms with Crippen molar-refractivity contribution in [2.24, 2.45) is 0 Å². The first-order chi connectivity index (χ1) is 10.8. The summed E-state index contributed by atoms with van der Waals surface area (Å²) < 4.78 is 0. The monoisotopic (exact) mass is 319 g/mol. The molecule has 2 aromatic rings. The highest BCUT2D eigenvalue weighted by atomic mass is 32.1. The first kappa shape index (κ1) is 15.2. The molecular weight excluding hydrogens is 298 g/mol. The van der Waals surface area contributed by atoms with Gasteiger partial charge in [-0.3, -0.25) is 14.8 Å². The first-order valence-corrected chi connectivity index (χ1v) is 8.59. The number of amides is 1. The number of hydrogen-bond donors (Lipinski definition) is 1. The van der Waals surface area contributed by atoms with Crippen LogP contribution in [0.15, 0.2) is 17.5 Å². The van der Waals surface area contributed by atoms with E-state index in [4.69, 9.17) is 0 Å². The molecule has 1 amide bonds. The third-order valence-electron chi connectivity index (χ3n) is 3.88. The van der Waals surface area contributed by atoms with Crippen LogP contribution in [0.25, 0.3) is 0 Å². The fourth-order valence-corrected chi connectivity index (χ4v) is 3.35. The summed E-state index contributed by atoms with van der Waals surface area (Å²) in [6.45, 7) is 6.27. The maximum Gasteiger partial charge on any atom is 0.263 e. The van der Waals surface area contributed by atoms with E-state index in [-0.39, 0.29) is 5.91 Å². The van der Waals surface area contributed by atoms with Crippen molar-refractivity contribution in [3.8, 4) is 0 Å². The van der Waals surface area contributed by atoms with Crippen molar-refractivity contribution in [1.82, 2.24) is 25.0 Å². The van der Waals surface area contributed by atoms with Crippen LogP contribution in [0, 0.1) is 0 Å². The zero-order chi connectivity index (χ0) is 15.4. The van der Waals surface area contributed by atoms with Crippen LogP contribution in [0.5, 0.6) is 0 Å². The number of aromatic nitrogens is 3. The summed E-state index contributed by atoms with van der Waals surface area (Å²) in [5.41, 5.74) is 0. The molecule has 0 aliphatic carbocycles. The second kappa shape index (κ2) is 7.02. The lowest BCUT2D eigenvalue weighted by Gasteiger charge is -2.20. The Morgan fingerprint density at radius 3 is 3.00 bits per heavy atom. The number of aryl methyl sites for hydroxylation is 1. The van der Waals surface area contributed by atoms with E-state index in [0.29, 0.717) is 0 Å². The molecule has 0 bridgehead atoms. The number of aromatic amines is 1. The van der Waals surface area contributed by atoms with E-state index in [9.17, 15) is 4.79 Å². The Bertz CT molecular complexity index is 609. The maximum absolute atomic E-state index is 12.4. The van der Waals surface area contributed by atoms with Crippen molar-refractivity contribution in [2.45, 2.75) is 26.3 Å². The van der Waals surface area contributed by atoms with Crippen LogP contribution in [0.3, 0.4) is 0 Å². The highest BCUT2D eigenvalue weighted by molar-refractivity contribution is 7.12. The van der Waals surface area contributed by atoms with Gasteiger partial charge in [-0.05, 0) is 17.9 Å². The fraction of sp³-hybridized carbons (Fsp3) is 0.533. The van der Waals surface area contributed by atoms with Gasteiger partial charge in [0, 0.05) is 32.6 Å². The molecular formula is C15H21N5OS. The standard InChI is InChI=1S/C15H21N5OS/c1-2-13-16-14(18-17-13)11-19-6-4-7-20(9-8-19)15(21)12-5-3-10-22-12/h3,5,10H,2,4,6-9,11H2,1H3,(H,16,17,18). The Morgan fingerprint density at radius 1 is 1.36 bits per heavy atom. The number of carbonyl (C=O) groups is 1. The number of nitrogens with zero attached hydrogens (tertiary/aromatic N) is 4. The largest absolute Gasteiger partial charge is 0.337 e. The normalized spacial score (nSPS) is 16.7. The van der Waals surface area contributed by atoms with Crippen molar-refractivity contribution < 1.29 is 4.79 Å². The molecule has 0 spiro atoms. The van der Waals surface area contributed by atoms with Gasteiger partial charge in [-0.1, -0.05) is 13.0 Å². The molecule has 118 valence electrons. The molecule has 1 aliphatic heterocycles. The van der Waals surface area contributed by atoms with E-state index in [2.05, 4.69) is 20.1 Å². The molecule has 1 saturated heterocycles. The number of carbonyl (C=O) groups excluding carboxylic acids is 1. The summed E-state index contributed by atoms with van der Waals surface area (Å²) in [5, 5.41) is 9.12. The summed E-state index contributed by atoms with van der Waals surface area (Å²) in [7, 11) is 0. The quantitative estimate of drug-likeness (QED) is 0.933.